The Morgan fingerprint density at radius 1 is 1.08 bits per heavy atom. The molecule has 1 aliphatic heterocycles. The van der Waals surface area contributed by atoms with E-state index in [2.05, 4.69) is 55.7 Å². The first kappa shape index (κ1) is 28.2. The predicted octanol–water partition coefficient (Wildman–Crippen LogP) is 7.45. The quantitative estimate of drug-likeness (QED) is 0.211. The standard InChI is InChI=1S/C32H39FN2O2/c1-6-28(36-5)21-29(18-17-25(2)33)37-30-22-35(23-30)31(3,4)19-20-32(24-34,26-13-9-7-10-14-26)27-15-11-8-12-16-27/h7-16,18,21,30H,2,6,17,19-20,22-23H2,1,3-5H3/b28-21+,29-18?. The van der Waals surface area contributed by atoms with Crippen molar-refractivity contribution in [2.45, 2.75) is 63.5 Å². The highest BCUT2D eigenvalue weighted by atomic mass is 19.1. The van der Waals surface area contributed by atoms with E-state index in [1.165, 1.54) is 0 Å². The Morgan fingerprint density at radius 2 is 1.65 bits per heavy atom. The third-order valence-electron chi connectivity index (χ3n) is 7.28. The second-order valence-corrected chi connectivity index (χ2v) is 10.2. The van der Waals surface area contributed by atoms with Crippen LogP contribution in [0.2, 0.25) is 0 Å². The highest BCUT2D eigenvalue weighted by molar-refractivity contribution is 5.45. The van der Waals surface area contributed by atoms with Gasteiger partial charge < -0.3 is 9.47 Å². The van der Waals surface area contributed by atoms with Crippen molar-refractivity contribution in [1.29, 1.82) is 5.26 Å². The highest BCUT2D eigenvalue weighted by Gasteiger charge is 2.42. The van der Waals surface area contributed by atoms with Gasteiger partial charge in [0.25, 0.3) is 0 Å². The maximum absolute atomic E-state index is 13.3. The fourth-order valence-corrected chi connectivity index (χ4v) is 4.75. The second kappa shape index (κ2) is 12.7. The fourth-order valence-electron chi connectivity index (χ4n) is 4.75. The lowest BCUT2D eigenvalue weighted by Gasteiger charge is -2.49. The van der Waals surface area contributed by atoms with Crippen molar-refractivity contribution in [3.8, 4) is 6.07 Å². The summed E-state index contributed by atoms with van der Waals surface area (Å²) < 4.78 is 24.9. The van der Waals surface area contributed by atoms with Gasteiger partial charge in [-0.05, 0) is 43.9 Å². The van der Waals surface area contributed by atoms with E-state index >= 15 is 0 Å². The van der Waals surface area contributed by atoms with Crippen molar-refractivity contribution in [2.24, 2.45) is 0 Å². The van der Waals surface area contributed by atoms with E-state index in [4.69, 9.17) is 9.47 Å². The van der Waals surface area contributed by atoms with E-state index in [0.29, 0.717) is 12.2 Å². The first-order valence-corrected chi connectivity index (χ1v) is 13.0. The van der Waals surface area contributed by atoms with Crippen LogP contribution in [0.25, 0.3) is 0 Å². The number of nitriles is 1. The van der Waals surface area contributed by atoms with E-state index < -0.39 is 11.2 Å². The number of allylic oxidation sites excluding steroid dienone is 4. The number of benzene rings is 2. The largest absolute Gasteiger partial charge is 0.501 e. The van der Waals surface area contributed by atoms with Crippen LogP contribution in [-0.2, 0) is 14.9 Å². The molecule has 1 aliphatic rings. The summed E-state index contributed by atoms with van der Waals surface area (Å²) in [5, 5.41) is 10.5. The van der Waals surface area contributed by atoms with Gasteiger partial charge in [-0.15, -0.1) is 0 Å². The summed E-state index contributed by atoms with van der Waals surface area (Å²) in [4.78, 5) is 2.39. The molecule has 1 saturated heterocycles. The molecule has 37 heavy (non-hydrogen) atoms. The molecule has 0 saturated carbocycles. The van der Waals surface area contributed by atoms with Gasteiger partial charge in [0.05, 0.1) is 24.8 Å². The van der Waals surface area contributed by atoms with Gasteiger partial charge in [0.1, 0.15) is 17.3 Å². The zero-order valence-corrected chi connectivity index (χ0v) is 22.5. The van der Waals surface area contributed by atoms with E-state index in [0.717, 1.165) is 42.8 Å². The van der Waals surface area contributed by atoms with Crippen molar-refractivity contribution < 1.29 is 13.9 Å². The van der Waals surface area contributed by atoms with Crippen molar-refractivity contribution in [2.75, 3.05) is 20.2 Å². The normalized spacial score (nSPS) is 15.6. The topological polar surface area (TPSA) is 45.5 Å². The number of likely N-dealkylation sites (tertiary alicyclic amines) is 1. The van der Waals surface area contributed by atoms with Crippen LogP contribution in [-0.4, -0.2) is 36.7 Å². The Kier molecular flexibility index (Phi) is 9.72. The minimum atomic E-state index is -0.716. The average Bonchev–Trinajstić information content (AvgIpc) is 2.88. The fraction of sp³-hybridized carbons (Fsp3) is 0.406. The molecule has 0 spiro atoms. The summed E-state index contributed by atoms with van der Waals surface area (Å²) in [6.45, 7) is 11.3. The zero-order chi connectivity index (χ0) is 26.9. The van der Waals surface area contributed by atoms with Gasteiger partial charge in [-0.3, -0.25) is 4.90 Å². The lowest BCUT2D eigenvalue weighted by Crippen LogP contribution is -2.60. The molecule has 1 fully saturated rings. The number of rotatable bonds is 13. The van der Waals surface area contributed by atoms with Crippen LogP contribution < -0.4 is 0 Å². The maximum Gasteiger partial charge on any atom is 0.124 e. The number of hydrogen-bond donors (Lipinski definition) is 0. The van der Waals surface area contributed by atoms with Gasteiger partial charge in [0.2, 0.25) is 0 Å². The monoisotopic (exact) mass is 502 g/mol. The Labute approximate surface area is 221 Å². The summed E-state index contributed by atoms with van der Waals surface area (Å²) in [6, 6.07) is 22.8. The highest BCUT2D eigenvalue weighted by Crippen LogP contribution is 2.40. The third-order valence-corrected chi connectivity index (χ3v) is 7.28. The van der Waals surface area contributed by atoms with Crippen molar-refractivity contribution in [3.63, 3.8) is 0 Å². The molecule has 0 aromatic heterocycles. The Balaban J connectivity index is 1.70. The van der Waals surface area contributed by atoms with Gasteiger partial charge in [-0.1, -0.05) is 74.2 Å². The molecule has 0 amide bonds. The van der Waals surface area contributed by atoms with Crippen LogP contribution >= 0.6 is 0 Å². The van der Waals surface area contributed by atoms with Crippen LogP contribution in [0.1, 0.15) is 57.6 Å². The van der Waals surface area contributed by atoms with Crippen molar-refractivity contribution in [1.82, 2.24) is 4.90 Å². The second-order valence-electron chi connectivity index (χ2n) is 10.2. The Hall–Kier alpha value is -3.36. The molecular formula is C32H39FN2O2. The molecular weight excluding hydrogens is 463 g/mol. The van der Waals surface area contributed by atoms with Crippen LogP contribution in [0.5, 0.6) is 0 Å². The molecule has 5 heteroatoms. The molecule has 0 bridgehead atoms. The van der Waals surface area contributed by atoms with Gasteiger partial charge in [0, 0.05) is 37.5 Å². The Bertz CT molecular complexity index is 1080. The smallest absolute Gasteiger partial charge is 0.124 e. The van der Waals surface area contributed by atoms with Crippen LogP contribution in [0.4, 0.5) is 4.39 Å². The molecule has 0 N–H and O–H groups in total. The summed E-state index contributed by atoms with van der Waals surface area (Å²) in [6.07, 6.45) is 5.93. The lowest BCUT2D eigenvalue weighted by molar-refractivity contribution is -0.0710. The number of ether oxygens (including phenoxy) is 2. The first-order chi connectivity index (χ1) is 17.7. The lowest BCUT2D eigenvalue weighted by atomic mass is 9.70. The predicted molar refractivity (Wildman–Crippen MR) is 147 cm³/mol. The summed E-state index contributed by atoms with van der Waals surface area (Å²) in [7, 11) is 1.63. The molecule has 4 nitrogen and oxygen atoms in total. The van der Waals surface area contributed by atoms with E-state index in [1.54, 1.807) is 13.2 Å². The molecule has 196 valence electrons. The summed E-state index contributed by atoms with van der Waals surface area (Å²) in [5.41, 5.74) is 1.20. The van der Waals surface area contributed by atoms with E-state index in [9.17, 15) is 9.65 Å². The minimum absolute atomic E-state index is 0.00795. The van der Waals surface area contributed by atoms with Crippen LogP contribution in [0.15, 0.2) is 96.7 Å². The molecule has 2 aromatic rings. The molecule has 0 atom stereocenters. The Morgan fingerprint density at radius 3 is 2.11 bits per heavy atom. The molecule has 0 unspecified atom stereocenters. The van der Waals surface area contributed by atoms with Gasteiger partial charge in [0.15, 0.2) is 0 Å². The van der Waals surface area contributed by atoms with Crippen molar-refractivity contribution in [3.05, 3.63) is 108 Å². The summed E-state index contributed by atoms with van der Waals surface area (Å²) >= 11 is 0. The molecule has 3 rings (SSSR count). The van der Waals surface area contributed by atoms with Gasteiger partial charge >= 0.3 is 0 Å². The average molecular weight is 503 g/mol. The zero-order valence-electron chi connectivity index (χ0n) is 22.5. The number of hydrogen-bond acceptors (Lipinski definition) is 4. The molecule has 2 aromatic carbocycles. The first-order valence-electron chi connectivity index (χ1n) is 13.0. The number of methoxy groups -OCH3 is 1. The minimum Gasteiger partial charge on any atom is -0.501 e. The van der Waals surface area contributed by atoms with E-state index in [1.807, 2.05) is 49.4 Å². The maximum atomic E-state index is 13.3. The number of nitrogens with zero attached hydrogens (tertiary/aromatic N) is 2. The molecule has 0 radical (unpaired) electrons. The van der Waals surface area contributed by atoms with Gasteiger partial charge in [-0.25, -0.2) is 4.39 Å². The number of halogens is 1. The van der Waals surface area contributed by atoms with Crippen LogP contribution in [0.3, 0.4) is 0 Å². The summed E-state index contributed by atoms with van der Waals surface area (Å²) in [5.74, 6) is 0.984. The van der Waals surface area contributed by atoms with Crippen LogP contribution in [0, 0.1) is 11.3 Å². The molecule has 1 heterocycles. The SMILES string of the molecule is C=C(F)CC=C(/C=C(\CC)OC)OC1CN(C(C)(C)CCC(C#N)(c2ccccc2)c2ccccc2)C1. The van der Waals surface area contributed by atoms with Gasteiger partial charge in [-0.2, -0.15) is 5.26 Å². The van der Waals surface area contributed by atoms with Crippen molar-refractivity contribution >= 4 is 0 Å². The third kappa shape index (κ3) is 7.11. The van der Waals surface area contributed by atoms with E-state index in [-0.39, 0.29) is 18.1 Å². The molecule has 0 aliphatic carbocycles.